The van der Waals surface area contributed by atoms with E-state index in [0.717, 1.165) is 0 Å². The number of benzene rings is 3. The highest BCUT2D eigenvalue weighted by atomic mass is 31.1. The predicted octanol–water partition coefficient (Wildman–Crippen LogP) is 2.12. The molecule has 106 valence electrons. The molecule has 0 saturated heterocycles. The van der Waals surface area contributed by atoms with Gasteiger partial charge in [-0.05, 0) is 29.1 Å². The summed E-state index contributed by atoms with van der Waals surface area (Å²) >= 11 is 0. The van der Waals surface area contributed by atoms with Crippen molar-refractivity contribution in [3.63, 3.8) is 0 Å². The van der Waals surface area contributed by atoms with Gasteiger partial charge in [0.25, 0.3) is 0 Å². The third-order valence-corrected chi connectivity index (χ3v) is 6.47. The Hall–Kier alpha value is -1.52. The Morgan fingerprint density at radius 2 is 1.00 bits per heavy atom. The lowest BCUT2D eigenvalue weighted by Crippen LogP contribution is -2.27. The number of hydrogen-bond acceptors (Lipinski definition) is 0. The molecule has 1 atom stereocenters. The first-order valence-electron chi connectivity index (χ1n) is 6.61. The van der Waals surface area contributed by atoms with E-state index >= 15 is 0 Å². The van der Waals surface area contributed by atoms with Crippen LogP contribution in [0.1, 0.15) is 0 Å². The minimum Gasteiger partial charge on any atom is -0.412 e. The maximum Gasteiger partial charge on any atom is -0.00795 e. The molecule has 3 rings (SSSR count). The van der Waals surface area contributed by atoms with Gasteiger partial charge in [0.15, 0.2) is 0 Å². The third kappa shape index (κ3) is 3.57. The zero-order valence-electron chi connectivity index (χ0n) is 11.6. The molecule has 3 aromatic carbocycles. The summed E-state index contributed by atoms with van der Waals surface area (Å²) in [6, 6.07) is 30.2. The fraction of sp³-hybridized carbons (Fsp3) is 0. The van der Waals surface area contributed by atoms with Gasteiger partial charge in [0.2, 0.25) is 0 Å². The Bertz CT molecular complexity index is 644. The van der Waals surface area contributed by atoms with Crippen LogP contribution in [-0.2, 0) is 0 Å². The molecule has 1 unspecified atom stereocenters. The van der Waals surface area contributed by atoms with Gasteiger partial charge in [0.1, 0.15) is 0 Å². The molecule has 21 heavy (non-hydrogen) atoms. The molecule has 3 heteroatoms. The van der Waals surface area contributed by atoms with Gasteiger partial charge >= 0.3 is 0 Å². The van der Waals surface area contributed by atoms with Crippen molar-refractivity contribution in [1.29, 1.82) is 0 Å². The summed E-state index contributed by atoms with van der Waals surface area (Å²) in [5.74, 6) is 0. The van der Waals surface area contributed by atoms with E-state index in [1.807, 2.05) is 0 Å². The Kier molecular flexibility index (Phi) is 5.65. The molecule has 0 spiro atoms. The van der Waals surface area contributed by atoms with E-state index in [0.29, 0.717) is 0 Å². The second kappa shape index (κ2) is 7.48. The SMILES string of the molecule is O.Pc1ccccc1P(c1ccccc1)c1ccccc1. The van der Waals surface area contributed by atoms with E-state index in [-0.39, 0.29) is 5.48 Å². The van der Waals surface area contributed by atoms with E-state index in [1.165, 1.54) is 21.2 Å². The van der Waals surface area contributed by atoms with Crippen molar-refractivity contribution in [2.24, 2.45) is 0 Å². The lowest BCUT2D eigenvalue weighted by Gasteiger charge is -2.20. The molecule has 3 aromatic rings. The van der Waals surface area contributed by atoms with Crippen molar-refractivity contribution >= 4 is 38.4 Å². The van der Waals surface area contributed by atoms with Crippen LogP contribution in [-0.4, -0.2) is 5.48 Å². The van der Waals surface area contributed by atoms with Crippen LogP contribution in [0.4, 0.5) is 0 Å². The highest BCUT2D eigenvalue weighted by Gasteiger charge is 2.17. The average Bonchev–Trinajstić information content (AvgIpc) is 2.52. The molecular formula is C18H18OP2. The van der Waals surface area contributed by atoms with Crippen molar-refractivity contribution in [1.82, 2.24) is 0 Å². The van der Waals surface area contributed by atoms with E-state index in [9.17, 15) is 0 Å². The van der Waals surface area contributed by atoms with Crippen LogP contribution in [0.2, 0.25) is 0 Å². The Balaban J connectivity index is 0.00000161. The Morgan fingerprint density at radius 1 is 0.571 bits per heavy atom. The van der Waals surface area contributed by atoms with Gasteiger partial charge in [-0.2, -0.15) is 0 Å². The monoisotopic (exact) mass is 312 g/mol. The zero-order valence-corrected chi connectivity index (χ0v) is 13.7. The summed E-state index contributed by atoms with van der Waals surface area (Å²) < 4.78 is 0. The fourth-order valence-electron chi connectivity index (χ4n) is 2.27. The quantitative estimate of drug-likeness (QED) is 0.664. The Morgan fingerprint density at radius 3 is 1.48 bits per heavy atom. The maximum absolute atomic E-state index is 2.87. The van der Waals surface area contributed by atoms with Gasteiger partial charge in [-0.3, -0.25) is 0 Å². The van der Waals surface area contributed by atoms with E-state index in [1.54, 1.807) is 0 Å². The van der Waals surface area contributed by atoms with Crippen molar-refractivity contribution in [2.45, 2.75) is 0 Å². The molecule has 0 aliphatic heterocycles. The second-order valence-corrected chi connectivity index (χ2v) is 7.37. The largest absolute Gasteiger partial charge is 0.412 e. The summed E-state index contributed by atoms with van der Waals surface area (Å²) in [4.78, 5) is 0. The molecular weight excluding hydrogens is 294 g/mol. The van der Waals surface area contributed by atoms with Crippen LogP contribution in [0.15, 0.2) is 84.9 Å². The molecule has 1 nitrogen and oxygen atoms in total. The molecule has 0 fully saturated rings. The molecule has 0 amide bonds. The van der Waals surface area contributed by atoms with E-state index in [4.69, 9.17) is 0 Å². The smallest absolute Gasteiger partial charge is 0.00795 e. The van der Waals surface area contributed by atoms with Crippen molar-refractivity contribution in [2.75, 3.05) is 0 Å². The average molecular weight is 312 g/mol. The molecule has 2 N–H and O–H groups in total. The molecule has 0 radical (unpaired) electrons. The Labute approximate surface area is 129 Å². The van der Waals surface area contributed by atoms with Gasteiger partial charge < -0.3 is 5.48 Å². The minimum absolute atomic E-state index is 0. The number of rotatable bonds is 3. The third-order valence-electron chi connectivity index (χ3n) is 3.21. The van der Waals surface area contributed by atoms with Gasteiger partial charge in [0, 0.05) is 0 Å². The van der Waals surface area contributed by atoms with Gasteiger partial charge in [-0.1, -0.05) is 84.9 Å². The molecule has 0 saturated carbocycles. The molecule has 0 aliphatic rings. The van der Waals surface area contributed by atoms with Crippen LogP contribution in [0.3, 0.4) is 0 Å². The first kappa shape index (κ1) is 15.9. The highest BCUT2D eigenvalue weighted by Crippen LogP contribution is 2.32. The topological polar surface area (TPSA) is 31.5 Å². The van der Waals surface area contributed by atoms with Crippen LogP contribution in [0.5, 0.6) is 0 Å². The lowest BCUT2D eigenvalue weighted by molar-refractivity contribution is 0.824. The van der Waals surface area contributed by atoms with Gasteiger partial charge in [-0.15, -0.1) is 9.24 Å². The molecule has 0 bridgehead atoms. The standard InChI is InChI=1S/C18H16P2.H2O/c19-17-13-7-8-14-18(17)20(15-9-3-1-4-10-15)16-11-5-2-6-12-16;/h1-14H,19H2;1H2. The van der Waals surface area contributed by atoms with E-state index < -0.39 is 7.92 Å². The predicted molar refractivity (Wildman–Crippen MR) is 98.1 cm³/mol. The fourth-order valence-corrected chi connectivity index (χ4v) is 5.23. The normalized spacial score (nSPS) is 10.2. The first-order chi connectivity index (χ1) is 9.86. The van der Waals surface area contributed by atoms with Crippen molar-refractivity contribution in [3.8, 4) is 0 Å². The minimum atomic E-state index is -0.488. The van der Waals surface area contributed by atoms with Crippen LogP contribution < -0.4 is 21.2 Å². The summed E-state index contributed by atoms with van der Waals surface area (Å²) in [5.41, 5.74) is 0. The summed E-state index contributed by atoms with van der Waals surface area (Å²) in [6.45, 7) is 0. The van der Waals surface area contributed by atoms with Gasteiger partial charge in [0.05, 0.1) is 0 Å². The molecule has 0 aliphatic carbocycles. The summed E-state index contributed by atoms with van der Waals surface area (Å²) in [5, 5.41) is 5.48. The number of hydrogen-bond donors (Lipinski definition) is 0. The van der Waals surface area contributed by atoms with Crippen molar-refractivity contribution < 1.29 is 5.48 Å². The summed E-state index contributed by atoms with van der Waals surface area (Å²) in [7, 11) is 2.39. The molecule has 0 aromatic heterocycles. The maximum atomic E-state index is 2.87. The first-order valence-corrected chi connectivity index (χ1v) is 8.53. The lowest BCUT2D eigenvalue weighted by atomic mass is 10.3. The highest BCUT2D eigenvalue weighted by molar-refractivity contribution is 7.80. The van der Waals surface area contributed by atoms with E-state index in [2.05, 4.69) is 94.2 Å². The van der Waals surface area contributed by atoms with Gasteiger partial charge in [-0.25, -0.2) is 0 Å². The summed E-state index contributed by atoms with van der Waals surface area (Å²) in [6.07, 6.45) is 0. The van der Waals surface area contributed by atoms with Crippen LogP contribution >= 0.6 is 17.2 Å². The van der Waals surface area contributed by atoms with Crippen molar-refractivity contribution in [3.05, 3.63) is 84.9 Å². The second-order valence-electron chi connectivity index (χ2n) is 4.57. The zero-order chi connectivity index (χ0) is 13.8. The van der Waals surface area contributed by atoms with Crippen LogP contribution in [0, 0.1) is 0 Å². The molecule has 0 heterocycles. The van der Waals surface area contributed by atoms with Crippen LogP contribution in [0.25, 0.3) is 0 Å².